The van der Waals surface area contributed by atoms with Crippen molar-refractivity contribution in [2.75, 3.05) is 13.2 Å². The van der Waals surface area contributed by atoms with Crippen LogP contribution in [0.2, 0.25) is 0 Å². The minimum absolute atomic E-state index is 0.0791. The van der Waals surface area contributed by atoms with Crippen LogP contribution in [0.3, 0.4) is 0 Å². The summed E-state index contributed by atoms with van der Waals surface area (Å²) in [4.78, 5) is 37.8. The third kappa shape index (κ3) is 57.2. The summed E-state index contributed by atoms with van der Waals surface area (Å²) in [7, 11) is 0. The van der Waals surface area contributed by atoms with Crippen LogP contribution < -0.4 is 0 Å². The number of hydrogen-bond donors (Lipinski definition) is 0. The first kappa shape index (κ1) is 68.3. The first-order chi connectivity index (χ1) is 35.5. The van der Waals surface area contributed by atoms with E-state index in [1.54, 1.807) is 0 Å². The molecule has 0 aromatic rings. The first-order valence-electron chi connectivity index (χ1n) is 30.2. The van der Waals surface area contributed by atoms with E-state index in [0.717, 1.165) is 122 Å². The molecular weight excluding hydrogens is 889 g/mol. The summed E-state index contributed by atoms with van der Waals surface area (Å²) < 4.78 is 16.7. The lowest BCUT2D eigenvalue weighted by Crippen LogP contribution is -2.30. The van der Waals surface area contributed by atoms with Crippen molar-refractivity contribution in [3.05, 3.63) is 97.2 Å². The highest BCUT2D eigenvalue weighted by Crippen LogP contribution is 2.15. The minimum atomic E-state index is -0.776. The molecule has 0 spiro atoms. The summed E-state index contributed by atoms with van der Waals surface area (Å²) >= 11 is 0. The topological polar surface area (TPSA) is 78.9 Å². The molecule has 0 bridgehead atoms. The number of rotatable bonds is 54. The maximum Gasteiger partial charge on any atom is 0.306 e. The van der Waals surface area contributed by atoms with Gasteiger partial charge < -0.3 is 14.2 Å². The van der Waals surface area contributed by atoms with E-state index in [1.165, 1.54) is 122 Å². The average molecular weight is 1000 g/mol. The molecule has 0 heterocycles. The Balaban J connectivity index is 3.97. The molecule has 1 atom stereocenters. The molecule has 0 aliphatic carbocycles. The van der Waals surface area contributed by atoms with Crippen LogP contribution in [-0.4, -0.2) is 37.2 Å². The fraction of sp³-hybridized carbons (Fsp3) is 0.712. The summed E-state index contributed by atoms with van der Waals surface area (Å²) in [5, 5.41) is 0. The molecule has 72 heavy (non-hydrogen) atoms. The van der Waals surface area contributed by atoms with Gasteiger partial charge in [0.05, 0.1) is 0 Å². The quantitative estimate of drug-likeness (QED) is 0.0261. The van der Waals surface area contributed by atoms with Gasteiger partial charge in [0.15, 0.2) is 6.10 Å². The zero-order chi connectivity index (χ0) is 52.2. The normalized spacial score (nSPS) is 12.8. The van der Waals surface area contributed by atoms with Crippen LogP contribution in [0.4, 0.5) is 0 Å². The maximum atomic E-state index is 12.7. The van der Waals surface area contributed by atoms with Crippen molar-refractivity contribution >= 4 is 17.9 Å². The molecule has 0 rings (SSSR count). The van der Waals surface area contributed by atoms with Crippen molar-refractivity contribution in [2.45, 2.75) is 290 Å². The molecule has 0 aliphatic heterocycles. The van der Waals surface area contributed by atoms with Crippen LogP contribution in [0.25, 0.3) is 0 Å². The van der Waals surface area contributed by atoms with Gasteiger partial charge in [0.25, 0.3) is 0 Å². The second-order valence-corrected chi connectivity index (χ2v) is 19.9. The van der Waals surface area contributed by atoms with Crippen molar-refractivity contribution in [2.24, 2.45) is 0 Å². The third-order valence-electron chi connectivity index (χ3n) is 12.8. The Morgan fingerprint density at radius 2 is 0.542 bits per heavy atom. The number of ether oxygens (including phenoxy) is 3. The smallest absolute Gasteiger partial charge is 0.306 e. The number of allylic oxidation sites excluding steroid dienone is 16. The molecular formula is C66H112O6. The van der Waals surface area contributed by atoms with Gasteiger partial charge in [-0.05, 0) is 103 Å². The highest BCUT2D eigenvalue weighted by atomic mass is 16.6. The number of esters is 3. The van der Waals surface area contributed by atoms with Gasteiger partial charge >= 0.3 is 17.9 Å². The van der Waals surface area contributed by atoms with Crippen molar-refractivity contribution in [1.82, 2.24) is 0 Å². The molecule has 0 aromatic heterocycles. The fourth-order valence-corrected chi connectivity index (χ4v) is 8.30. The zero-order valence-electron chi connectivity index (χ0n) is 47.2. The molecule has 0 radical (unpaired) electrons. The van der Waals surface area contributed by atoms with Crippen LogP contribution in [0.5, 0.6) is 0 Å². The van der Waals surface area contributed by atoms with Crippen molar-refractivity contribution in [3.63, 3.8) is 0 Å². The SMILES string of the molecule is CC/C=C\C/C=C\C/C=C\C/C=C\C/C=C\C/C=C\C/C=C\CCCCCCCCCCCCCCCC(=O)OCC(COC(=O)CCCCCCC)OC(=O)CCCCCCC/C=C\CCCCCCC. The van der Waals surface area contributed by atoms with Crippen molar-refractivity contribution in [3.8, 4) is 0 Å². The Morgan fingerprint density at radius 3 is 0.861 bits per heavy atom. The first-order valence-corrected chi connectivity index (χ1v) is 30.2. The van der Waals surface area contributed by atoms with E-state index in [-0.39, 0.29) is 31.1 Å². The summed E-state index contributed by atoms with van der Waals surface area (Å²) in [5.41, 5.74) is 0. The predicted octanol–water partition coefficient (Wildman–Crippen LogP) is 20.5. The van der Waals surface area contributed by atoms with Gasteiger partial charge in [0.1, 0.15) is 13.2 Å². The molecule has 412 valence electrons. The third-order valence-corrected chi connectivity index (χ3v) is 12.8. The molecule has 0 fully saturated rings. The lowest BCUT2D eigenvalue weighted by atomic mass is 10.0. The highest BCUT2D eigenvalue weighted by molar-refractivity contribution is 5.71. The Morgan fingerprint density at radius 1 is 0.292 bits per heavy atom. The number of hydrogen-bond acceptors (Lipinski definition) is 6. The van der Waals surface area contributed by atoms with Gasteiger partial charge in [-0.2, -0.15) is 0 Å². The fourth-order valence-electron chi connectivity index (χ4n) is 8.30. The number of carbonyl (C=O) groups excluding carboxylic acids is 3. The lowest BCUT2D eigenvalue weighted by Gasteiger charge is -2.18. The van der Waals surface area contributed by atoms with Crippen LogP contribution >= 0.6 is 0 Å². The van der Waals surface area contributed by atoms with E-state index in [1.807, 2.05) is 0 Å². The van der Waals surface area contributed by atoms with E-state index in [9.17, 15) is 14.4 Å². The molecule has 0 aliphatic rings. The summed E-state index contributed by atoms with van der Waals surface area (Å²) in [6, 6.07) is 0. The van der Waals surface area contributed by atoms with Crippen LogP contribution in [0, 0.1) is 0 Å². The standard InChI is InChI=1S/C66H112O6/c1-4-7-10-13-15-17-19-21-23-24-25-26-27-28-29-30-31-32-33-34-35-36-37-38-39-40-41-42-43-45-46-48-50-53-56-59-65(68)71-62-63(61-70-64(67)58-55-52-12-9-6-3)72-66(69)60-57-54-51-49-47-44-22-20-18-16-14-11-8-5-2/h7,10,15,17,20-23,25-26,28-29,31-32,34-35,63H,4-6,8-9,11-14,16,18-19,24,27,30,33,36-62H2,1-3H3/b10-7-,17-15-,22-20-,23-21-,26-25-,29-28-,32-31-,35-34-. The highest BCUT2D eigenvalue weighted by Gasteiger charge is 2.19. The molecule has 1 unspecified atom stereocenters. The van der Waals surface area contributed by atoms with Gasteiger partial charge in [-0.3, -0.25) is 14.4 Å². The van der Waals surface area contributed by atoms with Gasteiger partial charge in [-0.25, -0.2) is 0 Å². The minimum Gasteiger partial charge on any atom is -0.462 e. The maximum absolute atomic E-state index is 12.7. The number of unbranched alkanes of at least 4 members (excludes halogenated alkanes) is 27. The Bertz CT molecular complexity index is 1430. The second-order valence-electron chi connectivity index (χ2n) is 19.9. The predicted molar refractivity (Wildman–Crippen MR) is 311 cm³/mol. The van der Waals surface area contributed by atoms with E-state index in [2.05, 4.69) is 118 Å². The van der Waals surface area contributed by atoms with Gasteiger partial charge in [0, 0.05) is 19.3 Å². The lowest BCUT2D eigenvalue weighted by molar-refractivity contribution is -0.167. The van der Waals surface area contributed by atoms with E-state index >= 15 is 0 Å². The zero-order valence-corrected chi connectivity index (χ0v) is 47.2. The summed E-state index contributed by atoms with van der Waals surface area (Å²) in [6.07, 6.45) is 80.3. The summed E-state index contributed by atoms with van der Waals surface area (Å²) in [5.74, 6) is -0.899. The van der Waals surface area contributed by atoms with E-state index in [0.29, 0.717) is 19.3 Å². The molecule has 6 nitrogen and oxygen atoms in total. The molecule has 0 saturated heterocycles. The van der Waals surface area contributed by atoms with E-state index < -0.39 is 6.10 Å². The van der Waals surface area contributed by atoms with Gasteiger partial charge in [-0.1, -0.05) is 259 Å². The van der Waals surface area contributed by atoms with Gasteiger partial charge in [0.2, 0.25) is 0 Å². The molecule has 0 aromatic carbocycles. The summed E-state index contributed by atoms with van der Waals surface area (Å²) in [6.45, 7) is 6.43. The monoisotopic (exact) mass is 1000 g/mol. The second kappa shape index (κ2) is 59.9. The Labute approximate surface area is 445 Å². The number of carbonyl (C=O) groups is 3. The molecule has 0 amide bonds. The van der Waals surface area contributed by atoms with Crippen LogP contribution in [0.15, 0.2) is 97.2 Å². The Hall–Kier alpha value is -3.67. The average Bonchev–Trinajstić information content (AvgIpc) is 3.38. The Kier molecular flexibility index (Phi) is 56.8. The largest absolute Gasteiger partial charge is 0.462 e. The van der Waals surface area contributed by atoms with Crippen molar-refractivity contribution < 1.29 is 28.6 Å². The van der Waals surface area contributed by atoms with Gasteiger partial charge in [-0.15, -0.1) is 0 Å². The van der Waals surface area contributed by atoms with Crippen LogP contribution in [0.1, 0.15) is 284 Å². The molecule has 0 N–H and O–H groups in total. The van der Waals surface area contributed by atoms with E-state index in [4.69, 9.17) is 14.2 Å². The molecule has 6 heteroatoms. The van der Waals surface area contributed by atoms with Crippen molar-refractivity contribution in [1.29, 1.82) is 0 Å². The van der Waals surface area contributed by atoms with Crippen LogP contribution in [-0.2, 0) is 28.6 Å². The molecule has 0 saturated carbocycles.